The van der Waals surface area contributed by atoms with Crippen molar-refractivity contribution in [3.05, 3.63) is 58.6 Å². The second-order valence-corrected chi connectivity index (χ2v) is 7.29. The molecule has 1 atom stereocenters. The molecule has 0 aromatic heterocycles. The van der Waals surface area contributed by atoms with Crippen LogP contribution in [0.5, 0.6) is 0 Å². The summed E-state index contributed by atoms with van der Waals surface area (Å²) < 4.78 is 5.07. The predicted octanol–water partition coefficient (Wildman–Crippen LogP) is 3.81. The average Bonchev–Trinajstić information content (AvgIpc) is 2.60. The number of Topliss-reactive ketones (excluding diaryl/α,β-unsaturated/α-hetero) is 1. The minimum atomic E-state index is -0.622. The molecule has 1 unspecified atom stereocenters. The summed E-state index contributed by atoms with van der Waals surface area (Å²) in [7, 11) is 0. The molecule has 3 rings (SSSR count). The molecule has 1 amide bonds. The van der Waals surface area contributed by atoms with Gasteiger partial charge in [0.05, 0.1) is 16.5 Å². The molecule has 2 aromatic rings. The van der Waals surface area contributed by atoms with Crippen molar-refractivity contribution in [2.45, 2.75) is 17.1 Å². The van der Waals surface area contributed by atoms with E-state index in [-0.39, 0.29) is 29.1 Å². The van der Waals surface area contributed by atoms with Gasteiger partial charge >= 0.3 is 5.97 Å². The Bertz CT molecular complexity index is 851. The molecule has 0 fully saturated rings. The van der Waals surface area contributed by atoms with Crippen LogP contribution < -0.4 is 5.32 Å². The first-order chi connectivity index (χ1) is 11.9. The van der Waals surface area contributed by atoms with E-state index in [0.717, 1.165) is 4.90 Å². The van der Waals surface area contributed by atoms with Crippen molar-refractivity contribution in [3.8, 4) is 0 Å². The maximum atomic E-state index is 12.2. The highest BCUT2D eigenvalue weighted by Gasteiger charge is 2.24. The second kappa shape index (κ2) is 7.29. The summed E-state index contributed by atoms with van der Waals surface area (Å²) in [5, 5.41) is 3.10. The summed E-state index contributed by atoms with van der Waals surface area (Å²) in [5.74, 6) is -1.05. The maximum Gasteiger partial charge on any atom is 0.338 e. The Labute approximate surface area is 153 Å². The van der Waals surface area contributed by atoms with Crippen LogP contribution in [0, 0.1) is 0 Å². The van der Waals surface area contributed by atoms with Gasteiger partial charge in [-0.2, -0.15) is 0 Å². The van der Waals surface area contributed by atoms with E-state index in [1.54, 1.807) is 42.5 Å². The first kappa shape index (κ1) is 17.5. The van der Waals surface area contributed by atoms with Crippen molar-refractivity contribution < 1.29 is 19.1 Å². The molecule has 0 bridgehead atoms. The van der Waals surface area contributed by atoms with Gasteiger partial charge in [-0.15, -0.1) is 11.8 Å². The Kier molecular flexibility index (Phi) is 5.11. The molecule has 0 spiro atoms. The van der Waals surface area contributed by atoms with E-state index in [4.69, 9.17) is 16.3 Å². The van der Waals surface area contributed by atoms with Gasteiger partial charge in [0.2, 0.25) is 5.91 Å². The van der Waals surface area contributed by atoms with Crippen molar-refractivity contribution in [2.24, 2.45) is 0 Å². The predicted molar refractivity (Wildman–Crippen MR) is 96.5 cm³/mol. The minimum Gasteiger partial charge on any atom is -0.454 e. The maximum absolute atomic E-state index is 12.2. The van der Waals surface area contributed by atoms with E-state index in [1.165, 1.54) is 11.8 Å². The second-order valence-electron chi connectivity index (χ2n) is 5.47. The van der Waals surface area contributed by atoms with E-state index in [1.807, 2.05) is 6.92 Å². The van der Waals surface area contributed by atoms with Crippen LogP contribution in [0.2, 0.25) is 5.02 Å². The molecule has 0 saturated carbocycles. The molecule has 2 aromatic carbocycles. The van der Waals surface area contributed by atoms with Gasteiger partial charge in [0.1, 0.15) is 0 Å². The lowest BCUT2D eigenvalue weighted by Crippen LogP contribution is -2.26. The number of carbonyl (C=O) groups excluding carboxylic acids is 3. The quantitative estimate of drug-likeness (QED) is 0.649. The minimum absolute atomic E-state index is 0.110. The van der Waals surface area contributed by atoms with Gasteiger partial charge in [0.15, 0.2) is 12.4 Å². The number of hydrogen-bond acceptors (Lipinski definition) is 5. The average molecular weight is 376 g/mol. The number of ketones is 1. The highest BCUT2D eigenvalue weighted by atomic mass is 35.5. The number of halogens is 1. The van der Waals surface area contributed by atoms with Gasteiger partial charge in [0.25, 0.3) is 0 Å². The zero-order chi connectivity index (χ0) is 18.0. The van der Waals surface area contributed by atoms with Gasteiger partial charge < -0.3 is 10.1 Å². The lowest BCUT2D eigenvalue weighted by Gasteiger charge is -2.21. The Hall–Kier alpha value is -2.31. The van der Waals surface area contributed by atoms with E-state index < -0.39 is 5.97 Å². The first-order valence-corrected chi connectivity index (χ1v) is 8.77. The number of thioether (sulfide) groups is 1. The SMILES string of the molecule is CC1Sc2ccc(C(=O)OCC(=O)c3ccc(Cl)cc3)cc2NC1=O. The van der Waals surface area contributed by atoms with Crippen LogP contribution in [0.15, 0.2) is 47.4 Å². The topological polar surface area (TPSA) is 72.5 Å². The number of esters is 1. The molecule has 7 heteroatoms. The van der Waals surface area contributed by atoms with Crippen molar-refractivity contribution in [1.82, 2.24) is 0 Å². The summed E-state index contributed by atoms with van der Waals surface area (Å²) in [4.78, 5) is 36.8. The molecule has 1 N–H and O–H groups in total. The van der Waals surface area contributed by atoms with Crippen molar-refractivity contribution in [2.75, 3.05) is 11.9 Å². The highest BCUT2D eigenvalue weighted by molar-refractivity contribution is 8.00. The molecule has 25 heavy (non-hydrogen) atoms. The normalized spacial score (nSPS) is 15.9. The standard InChI is InChI=1S/C18H14ClNO4S/c1-10-17(22)20-14-8-12(4-7-16(14)25-10)18(23)24-9-15(21)11-2-5-13(19)6-3-11/h2-8,10H,9H2,1H3,(H,20,22). The van der Waals surface area contributed by atoms with Gasteiger partial charge in [0, 0.05) is 15.5 Å². The number of benzene rings is 2. The lowest BCUT2D eigenvalue weighted by molar-refractivity contribution is -0.115. The van der Waals surface area contributed by atoms with Gasteiger partial charge in [-0.1, -0.05) is 11.6 Å². The van der Waals surface area contributed by atoms with Crippen LogP contribution in [0.4, 0.5) is 5.69 Å². The number of nitrogens with one attached hydrogen (secondary N) is 1. The third-order valence-corrected chi connectivity index (χ3v) is 5.08. The van der Waals surface area contributed by atoms with E-state index in [0.29, 0.717) is 16.3 Å². The molecule has 0 saturated heterocycles. The number of amides is 1. The monoisotopic (exact) mass is 375 g/mol. The molecule has 128 valence electrons. The number of carbonyl (C=O) groups is 3. The fourth-order valence-corrected chi connectivity index (χ4v) is 3.33. The summed E-state index contributed by atoms with van der Waals surface area (Å²) >= 11 is 7.20. The fourth-order valence-electron chi connectivity index (χ4n) is 2.27. The fraction of sp³-hybridized carbons (Fsp3) is 0.167. The van der Waals surface area contributed by atoms with Crippen molar-refractivity contribution >= 4 is 46.7 Å². The Morgan fingerprint density at radius 3 is 2.56 bits per heavy atom. The van der Waals surface area contributed by atoms with Gasteiger partial charge in [-0.05, 0) is 49.4 Å². The van der Waals surface area contributed by atoms with Crippen LogP contribution >= 0.6 is 23.4 Å². The van der Waals surface area contributed by atoms with E-state index in [2.05, 4.69) is 5.32 Å². The van der Waals surface area contributed by atoms with Gasteiger partial charge in [-0.3, -0.25) is 9.59 Å². The molecule has 1 heterocycles. The smallest absolute Gasteiger partial charge is 0.338 e. The molecule has 0 aliphatic carbocycles. The summed E-state index contributed by atoms with van der Waals surface area (Å²) in [6.45, 7) is 1.45. The van der Waals surface area contributed by atoms with E-state index >= 15 is 0 Å². The molecule has 1 aliphatic heterocycles. The molecular weight excluding hydrogens is 362 g/mol. The van der Waals surface area contributed by atoms with Crippen LogP contribution in [0.25, 0.3) is 0 Å². The largest absolute Gasteiger partial charge is 0.454 e. The number of rotatable bonds is 4. The van der Waals surface area contributed by atoms with Crippen LogP contribution in [-0.2, 0) is 9.53 Å². The summed E-state index contributed by atoms with van der Waals surface area (Å²) in [6, 6.07) is 11.3. The third-order valence-electron chi connectivity index (χ3n) is 3.65. The molecule has 1 aliphatic rings. The Morgan fingerprint density at radius 2 is 1.84 bits per heavy atom. The molecule has 5 nitrogen and oxygen atoms in total. The summed E-state index contributed by atoms with van der Waals surface area (Å²) in [5.41, 5.74) is 1.27. The van der Waals surface area contributed by atoms with Crippen molar-refractivity contribution in [3.63, 3.8) is 0 Å². The highest BCUT2D eigenvalue weighted by Crippen LogP contribution is 2.36. The van der Waals surface area contributed by atoms with Crippen LogP contribution in [0.3, 0.4) is 0 Å². The zero-order valence-electron chi connectivity index (χ0n) is 13.2. The molecule has 0 radical (unpaired) electrons. The van der Waals surface area contributed by atoms with Gasteiger partial charge in [-0.25, -0.2) is 4.79 Å². The third kappa shape index (κ3) is 4.03. The van der Waals surface area contributed by atoms with Crippen molar-refractivity contribution in [1.29, 1.82) is 0 Å². The van der Waals surface area contributed by atoms with Crippen LogP contribution in [0.1, 0.15) is 27.6 Å². The first-order valence-electron chi connectivity index (χ1n) is 7.51. The number of fused-ring (bicyclic) bond motifs is 1. The number of hydrogen-bond donors (Lipinski definition) is 1. The molecular formula is C18H14ClNO4S. The Morgan fingerprint density at radius 1 is 1.16 bits per heavy atom. The Balaban J connectivity index is 1.66. The van der Waals surface area contributed by atoms with Crippen LogP contribution in [-0.4, -0.2) is 29.5 Å². The number of anilines is 1. The summed E-state index contributed by atoms with van der Waals surface area (Å²) in [6.07, 6.45) is 0. The van der Waals surface area contributed by atoms with E-state index in [9.17, 15) is 14.4 Å². The zero-order valence-corrected chi connectivity index (χ0v) is 14.8. The lowest BCUT2D eigenvalue weighted by atomic mass is 10.1. The number of ether oxygens (including phenoxy) is 1.